The maximum absolute atomic E-state index is 11.9. The van der Waals surface area contributed by atoms with Crippen LogP contribution in [0.3, 0.4) is 0 Å². The van der Waals surface area contributed by atoms with Crippen LogP contribution in [0.4, 0.5) is 11.5 Å². The summed E-state index contributed by atoms with van der Waals surface area (Å²) < 4.78 is 0. The van der Waals surface area contributed by atoms with Gasteiger partial charge in [-0.3, -0.25) is 4.79 Å². The molecule has 3 heterocycles. The van der Waals surface area contributed by atoms with E-state index in [1.165, 1.54) is 18.5 Å². The number of nitrogens with one attached hydrogen (secondary N) is 2. The molecule has 1 unspecified atom stereocenters. The van der Waals surface area contributed by atoms with Crippen molar-refractivity contribution in [2.75, 3.05) is 29.9 Å². The number of aryl methyl sites for hydroxylation is 1. The van der Waals surface area contributed by atoms with Crippen LogP contribution in [-0.2, 0) is 0 Å². The summed E-state index contributed by atoms with van der Waals surface area (Å²) in [7, 11) is 0. The van der Waals surface area contributed by atoms with Crippen LogP contribution in [0.2, 0.25) is 0 Å². The largest absolute Gasteiger partial charge is 0.366 e. The molecule has 1 atom stereocenters. The van der Waals surface area contributed by atoms with Gasteiger partial charge in [0.25, 0.3) is 5.91 Å². The number of pyridine rings is 1. The van der Waals surface area contributed by atoms with Crippen LogP contribution in [0.25, 0.3) is 0 Å². The maximum atomic E-state index is 11.9. The standard InChI is InChI=1S/C14H20N4O/c1-3-15-14(19)11-7-9(2)12-13(17-11)16-10-5-4-6-18(12)8-10/h7,10H,3-6,8H2,1-2H3,(H,15,19)(H,16,17). The van der Waals surface area contributed by atoms with Crippen LogP contribution < -0.4 is 15.5 Å². The predicted molar refractivity (Wildman–Crippen MR) is 75.8 cm³/mol. The van der Waals surface area contributed by atoms with E-state index < -0.39 is 0 Å². The Morgan fingerprint density at radius 2 is 2.47 bits per heavy atom. The van der Waals surface area contributed by atoms with Crippen molar-refractivity contribution in [3.63, 3.8) is 0 Å². The van der Waals surface area contributed by atoms with Crippen LogP contribution in [0.1, 0.15) is 35.8 Å². The topological polar surface area (TPSA) is 57.3 Å². The molecule has 0 radical (unpaired) electrons. The first-order chi connectivity index (χ1) is 9.19. The molecular formula is C14H20N4O. The van der Waals surface area contributed by atoms with Crippen LogP contribution in [-0.4, -0.2) is 36.6 Å². The lowest BCUT2D eigenvalue weighted by Crippen LogP contribution is -2.47. The molecule has 1 aromatic rings. The van der Waals surface area contributed by atoms with Crippen molar-refractivity contribution >= 4 is 17.4 Å². The molecule has 5 heteroatoms. The number of nitrogens with zero attached hydrogens (tertiary/aromatic N) is 2. The van der Waals surface area contributed by atoms with E-state index in [2.05, 4.69) is 27.4 Å². The van der Waals surface area contributed by atoms with Gasteiger partial charge < -0.3 is 15.5 Å². The first-order valence-corrected chi connectivity index (χ1v) is 7.00. The molecule has 3 rings (SSSR count). The number of carbonyl (C=O) groups excluding carboxylic acids is 1. The Morgan fingerprint density at radius 1 is 1.63 bits per heavy atom. The summed E-state index contributed by atoms with van der Waals surface area (Å²) in [5, 5.41) is 6.28. The summed E-state index contributed by atoms with van der Waals surface area (Å²) in [4.78, 5) is 18.8. The second-order valence-corrected chi connectivity index (χ2v) is 5.31. The monoisotopic (exact) mass is 260 g/mol. The zero-order valence-electron chi connectivity index (χ0n) is 11.5. The maximum Gasteiger partial charge on any atom is 0.269 e. The Balaban J connectivity index is 1.99. The highest BCUT2D eigenvalue weighted by molar-refractivity contribution is 5.94. The van der Waals surface area contributed by atoms with E-state index in [0.717, 1.165) is 24.5 Å². The Labute approximate surface area is 113 Å². The minimum absolute atomic E-state index is 0.0964. The molecule has 1 saturated heterocycles. The van der Waals surface area contributed by atoms with E-state index in [4.69, 9.17) is 0 Å². The molecule has 0 saturated carbocycles. The lowest BCUT2D eigenvalue weighted by molar-refractivity contribution is 0.0951. The SMILES string of the molecule is CCNC(=O)c1cc(C)c2c(n1)NC1CCCN2C1. The molecule has 19 heavy (non-hydrogen) atoms. The van der Waals surface area contributed by atoms with Crippen LogP contribution >= 0.6 is 0 Å². The molecule has 0 spiro atoms. The Bertz CT molecular complexity index is 514. The van der Waals surface area contributed by atoms with Crippen molar-refractivity contribution in [3.8, 4) is 0 Å². The second-order valence-electron chi connectivity index (χ2n) is 5.31. The van der Waals surface area contributed by atoms with E-state index in [0.29, 0.717) is 18.3 Å². The van der Waals surface area contributed by atoms with Crippen molar-refractivity contribution < 1.29 is 4.79 Å². The quantitative estimate of drug-likeness (QED) is 0.847. The zero-order valence-corrected chi connectivity index (χ0v) is 11.5. The van der Waals surface area contributed by atoms with Crippen LogP contribution in [0.5, 0.6) is 0 Å². The van der Waals surface area contributed by atoms with Gasteiger partial charge in [-0.25, -0.2) is 4.98 Å². The van der Waals surface area contributed by atoms with Crippen molar-refractivity contribution in [1.29, 1.82) is 0 Å². The van der Waals surface area contributed by atoms with Crippen LogP contribution in [0.15, 0.2) is 6.07 Å². The number of amides is 1. The number of rotatable bonds is 2. The van der Waals surface area contributed by atoms with Crippen molar-refractivity contribution in [1.82, 2.24) is 10.3 Å². The second kappa shape index (κ2) is 4.72. The van der Waals surface area contributed by atoms with Gasteiger partial charge in [0.2, 0.25) is 0 Å². The van der Waals surface area contributed by atoms with E-state index in [9.17, 15) is 4.79 Å². The Morgan fingerprint density at radius 3 is 3.26 bits per heavy atom. The molecule has 2 bridgehead atoms. The van der Waals surface area contributed by atoms with Gasteiger partial charge in [0.05, 0.1) is 5.69 Å². The predicted octanol–water partition coefficient (Wildman–Crippen LogP) is 1.53. The molecule has 2 aliphatic heterocycles. The smallest absolute Gasteiger partial charge is 0.269 e. The average molecular weight is 260 g/mol. The lowest BCUT2D eigenvalue weighted by Gasteiger charge is -2.41. The highest BCUT2D eigenvalue weighted by atomic mass is 16.1. The van der Waals surface area contributed by atoms with Gasteiger partial charge in [0.1, 0.15) is 5.69 Å². The Hall–Kier alpha value is -1.78. The lowest BCUT2D eigenvalue weighted by atomic mass is 10.00. The summed E-state index contributed by atoms with van der Waals surface area (Å²) >= 11 is 0. The summed E-state index contributed by atoms with van der Waals surface area (Å²) in [6.07, 6.45) is 2.40. The third kappa shape index (κ3) is 2.13. The van der Waals surface area contributed by atoms with Gasteiger partial charge in [0.15, 0.2) is 5.82 Å². The fourth-order valence-electron chi connectivity index (χ4n) is 3.02. The molecule has 5 nitrogen and oxygen atoms in total. The molecule has 1 fully saturated rings. The summed E-state index contributed by atoms with van der Waals surface area (Å²) in [6, 6.07) is 2.36. The number of piperidine rings is 1. The summed E-state index contributed by atoms with van der Waals surface area (Å²) in [6.45, 7) is 6.74. The third-order valence-corrected chi connectivity index (χ3v) is 3.83. The fourth-order valence-corrected chi connectivity index (χ4v) is 3.02. The molecule has 2 N–H and O–H groups in total. The van der Waals surface area contributed by atoms with E-state index in [1.807, 2.05) is 13.0 Å². The normalized spacial score (nSPS) is 20.5. The van der Waals surface area contributed by atoms with Crippen molar-refractivity contribution in [2.45, 2.75) is 32.7 Å². The first-order valence-electron chi connectivity index (χ1n) is 7.00. The highest BCUT2D eigenvalue weighted by Crippen LogP contribution is 2.36. The number of carbonyl (C=O) groups is 1. The zero-order chi connectivity index (χ0) is 13.4. The molecule has 1 amide bonds. The molecule has 102 valence electrons. The van der Waals surface area contributed by atoms with E-state index >= 15 is 0 Å². The van der Waals surface area contributed by atoms with Crippen molar-refractivity contribution in [2.24, 2.45) is 0 Å². The van der Waals surface area contributed by atoms with Gasteiger partial charge >= 0.3 is 0 Å². The number of aromatic nitrogens is 1. The molecule has 2 aliphatic rings. The molecule has 0 aromatic carbocycles. The number of anilines is 2. The third-order valence-electron chi connectivity index (χ3n) is 3.83. The fraction of sp³-hybridized carbons (Fsp3) is 0.571. The number of hydrogen-bond acceptors (Lipinski definition) is 4. The Kier molecular flexibility index (Phi) is 3.05. The van der Waals surface area contributed by atoms with Gasteiger partial charge in [0, 0.05) is 25.7 Å². The van der Waals surface area contributed by atoms with Crippen LogP contribution in [0, 0.1) is 6.92 Å². The van der Waals surface area contributed by atoms with Crippen molar-refractivity contribution in [3.05, 3.63) is 17.3 Å². The molecule has 1 aromatic heterocycles. The minimum Gasteiger partial charge on any atom is -0.366 e. The highest BCUT2D eigenvalue weighted by Gasteiger charge is 2.30. The first kappa shape index (κ1) is 12.3. The number of hydrogen-bond donors (Lipinski definition) is 2. The van der Waals surface area contributed by atoms with E-state index in [1.54, 1.807) is 0 Å². The van der Waals surface area contributed by atoms with E-state index in [-0.39, 0.29) is 5.91 Å². The van der Waals surface area contributed by atoms with Gasteiger partial charge in [-0.05, 0) is 38.3 Å². The molecule has 0 aliphatic carbocycles. The van der Waals surface area contributed by atoms with Gasteiger partial charge in [-0.2, -0.15) is 0 Å². The van der Waals surface area contributed by atoms with Gasteiger partial charge in [-0.1, -0.05) is 0 Å². The average Bonchev–Trinajstić information content (AvgIpc) is 2.38. The number of fused-ring (bicyclic) bond motifs is 4. The summed E-state index contributed by atoms with van der Waals surface area (Å²) in [5.74, 6) is 0.776. The minimum atomic E-state index is -0.0964. The molecular weight excluding hydrogens is 240 g/mol. The summed E-state index contributed by atoms with van der Waals surface area (Å²) in [5.41, 5.74) is 2.80. The van der Waals surface area contributed by atoms with Gasteiger partial charge in [-0.15, -0.1) is 0 Å².